The third-order valence-corrected chi connectivity index (χ3v) is 8.88. The van der Waals surface area contributed by atoms with Gasteiger partial charge in [-0.3, -0.25) is 9.69 Å². The molecule has 4 heterocycles. The van der Waals surface area contributed by atoms with E-state index < -0.39 is 0 Å². The van der Waals surface area contributed by atoms with Crippen LogP contribution in [0.1, 0.15) is 50.4 Å². The smallest absolute Gasteiger partial charge is 0.254 e. The number of allylic oxidation sites excluding steroid dienone is 1. The van der Waals surface area contributed by atoms with Gasteiger partial charge in [-0.25, -0.2) is 0 Å². The van der Waals surface area contributed by atoms with E-state index in [0.29, 0.717) is 19.0 Å². The Kier molecular flexibility index (Phi) is 5.13. The molecule has 0 aromatic carbocycles. The lowest BCUT2D eigenvalue weighted by Gasteiger charge is -2.41. The number of carbonyl (C=O) groups is 1. The van der Waals surface area contributed by atoms with Crippen LogP contribution in [0.2, 0.25) is 0 Å². The first-order valence-electron chi connectivity index (χ1n) is 11.3. The number of fused-ring (bicyclic) bond motifs is 1. The Balaban J connectivity index is 1.38. The normalized spacial score (nSPS) is 35.7. The predicted molar refractivity (Wildman–Crippen MR) is 119 cm³/mol. The number of amides is 1. The van der Waals surface area contributed by atoms with E-state index in [4.69, 9.17) is 4.74 Å². The van der Waals surface area contributed by atoms with Crippen LogP contribution in [0.4, 0.5) is 0 Å². The Morgan fingerprint density at radius 1 is 1.33 bits per heavy atom. The van der Waals surface area contributed by atoms with Crippen LogP contribution in [-0.4, -0.2) is 71.8 Å². The van der Waals surface area contributed by atoms with Gasteiger partial charge in [0.05, 0.1) is 18.2 Å². The van der Waals surface area contributed by atoms with Gasteiger partial charge in [0, 0.05) is 50.0 Å². The fourth-order valence-electron chi connectivity index (χ4n) is 6.62. The second kappa shape index (κ2) is 7.44. The van der Waals surface area contributed by atoms with Gasteiger partial charge in [-0.2, -0.15) is 11.3 Å². The summed E-state index contributed by atoms with van der Waals surface area (Å²) in [6.07, 6.45) is 3.70. The molecule has 3 saturated heterocycles. The summed E-state index contributed by atoms with van der Waals surface area (Å²) in [7, 11) is 0. The maximum absolute atomic E-state index is 13.1. The van der Waals surface area contributed by atoms with E-state index in [9.17, 15) is 9.90 Å². The molecular formula is C24H34N2O3S. The Labute approximate surface area is 183 Å². The van der Waals surface area contributed by atoms with Gasteiger partial charge in [0.1, 0.15) is 5.60 Å². The highest BCUT2D eigenvalue weighted by Gasteiger charge is 2.62. The number of ether oxygens (including phenoxy) is 1. The van der Waals surface area contributed by atoms with Gasteiger partial charge in [0.2, 0.25) is 0 Å². The van der Waals surface area contributed by atoms with E-state index in [1.807, 2.05) is 21.7 Å². The molecule has 4 atom stereocenters. The zero-order valence-corrected chi connectivity index (χ0v) is 19.2. The van der Waals surface area contributed by atoms with Crippen LogP contribution < -0.4 is 0 Å². The Morgan fingerprint density at radius 3 is 2.87 bits per heavy atom. The first-order valence-corrected chi connectivity index (χ1v) is 12.3. The summed E-state index contributed by atoms with van der Waals surface area (Å²) in [5, 5.41) is 14.1. The monoisotopic (exact) mass is 430 g/mol. The third-order valence-electron chi connectivity index (χ3n) is 8.19. The quantitative estimate of drug-likeness (QED) is 0.744. The third kappa shape index (κ3) is 3.27. The first kappa shape index (κ1) is 20.7. The average Bonchev–Trinajstić information content (AvgIpc) is 3.37. The summed E-state index contributed by atoms with van der Waals surface area (Å²) in [5.74, 6) is 0.511. The molecule has 0 unspecified atom stereocenters. The maximum Gasteiger partial charge on any atom is 0.254 e. The average molecular weight is 431 g/mol. The van der Waals surface area contributed by atoms with Crippen LogP contribution in [0.3, 0.4) is 0 Å². The van der Waals surface area contributed by atoms with Gasteiger partial charge in [0.25, 0.3) is 5.91 Å². The van der Waals surface area contributed by atoms with E-state index in [1.165, 1.54) is 19.3 Å². The highest BCUT2D eigenvalue weighted by molar-refractivity contribution is 7.08. The van der Waals surface area contributed by atoms with Crippen molar-refractivity contribution < 1.29 is 14.6 Å². The van der Waals surface area contributed by atoms with E-state index in [1.54, 1.807) is 22.5 Å². The second-order valence-electron chi connectivity index (χ2n) is 10.5. The minimum absolute atomic E-state index is 0.0504. The molecule has 1 N–H and O–H groups in total. The molecule has 0 radical (unpaired) electrons. The molecule has 30 heavy (non-hydrogen) atoms. The standard InChI is InChI=1S/C24H34N2O3S/c1-16-5-4-7-23(2,3)19(16)9-25-10-20-18(12-27)21-11-26(15-24(20,14-25)29-21)22(28)17-6-8-30-13-17/h6,8,13,18,20-21,27H,4-5,7,9-12,14-15H2,1-3H3/t18-,20+,21+,24-/m0/s1. The molecule has 6 heteroatoms. The molecule has 5 nitrogen and oxygen atoms in total. The molecule has 1 aromatic rings. The van der Waals surface area contributed by atoms with Crippen molar-refractivity contribution >= 4 is 17.2 Å². The summed E-state index contributed by atoms with van der Waals surface area (Å²) < 4.78 is 6.60. The topological polar surface area (TPSA) is 53.0 Å². The number of likely N-dealkylation sites (tertiary alicyclic amines) is 2. The molecule has 4 aliphatic rings. The van der Waals surface area contributed by atoms with Crippen LogP contribution in [0.5, 0.6) is 0 Å². The number of hydrogen-bond donors (Lipinski definition) is 1. The van der Waals surface area contributed by atoms with Crippen molar-refractivity contribution in [2.75, 3.05) is 39.3 Å². The summed E-state index contributed by atoms with van der Waals surface area (Å²) >= 11 is 1.56. The molecule has 1 amide bonds. The number of thiophene rings is 1. The van der Waals surface area contributed by atoms with Gasteiger partial charge >= 0.3 is 0 Å². The number of aliphatic hydroxyl groups excluding tert-OH is 1. The molecule has 1 spiro atoms. The fourth-order valence-corrected chi connectivity index (χ4v) is 7.25. The lowest BCUT2D eigenvalue weighted by Crippen LogP contribution is -2.55. The van der Waals surface area contributed by atoms with Crippen LogP contribution in [0.15, 0.2) is 28.0 Å². The van der Waals surface area contributed by atoms with Crippen LogP contribution in [0.25, 0.3) is 0 Å². The van der Waals surface area contributed by atoms with Crippen molar-refractivity contribution in [3.63, 3.8) is 0 Å². The van der Waals surface area contributed by atoms with Crippen molar-refractivity contribution in [1.29, 1.82) is 0 Å². The van der Waals surface area contributed by atoms with Crippen molar-refractivity contribution in [3.05, 3.63) is 33.5 Å². The molecule has 5 rings (SSSR count). The molecule has 2 bridgehead atoms. The summed E-state index contributed by atoms with van der Waals surface area (Å²) in [6, 6.07) is 1.91. The molecule has 3 aliphatic heterocycles. The molecule has 3 fully saturated rings. The number of aliphatic hydroxyl groups is 1. The van der Waals surface area contributed by atoms with Crippen molar-refractivity contribution in [2.24, 2.45) is 17.3 Å². The minimum atomic E-state index is -0.338. The number of hydrogen-bond acceptors (Lipinski definition) is 5. The molecule has 164 valence electrons. The molecule has 1 aromatic heterocycles. The van der Waals surface area contributed by atoms with Crippen molar-refractivity contribution in [3.8, 4) is 0 Å². The van der Waals surface area contributed by atoms with E-state index >= 15 is 0 Å². The molecular weight excluding hydrogens is 396 g/mol. The first-order chi connectivity index (χ1) is 14.3. The van der Waals surface area contributed by atoms with Crippen molar-refractivity contribution in [2.45, 2.75) is 51.7 Å². The maximum atomic E-state index is 13.1. The summed E-state index contributed by atoms with van der Waals surface area (Å²) in [4.78, 5) is 17.6. The van der Waals surface area contributed by atoms with Gasteiger partial charge < -0.3 is 14.7 Å². The summed E-state index contributed by atoms with van der Waals surface area (Å²) in [6.45, 7) is 11.2. The van der Waals surface area contributed by atoms with E-state index in [2.05, 4.69) is 25.7 Å². The van der Waals surface area contributed by atoms with Crippen LogP contribution in [0, 0.1) is 17.3 Å². The van der Waals surface area contributed by atoms with Gasteiger partial charge in [-0.15, -0.1) is 0 Å². The lowest BCUT2D eigenvalue weighted by molar-refractivity contribution is -0.107. The fraction of sp³-hybridized carbons (Fsp3) is 0.708. The lowest BCUT2D eigenvalue weighted by atomic mass is 9.72. The minimum Gasteiger partial charge on any atom is -0.396 e. The Morgan fingerprint density at radius 2 is 2.17 bits per heavy atom. The van der Waals surface area contributed by atoms with Gasteiger partial charge in [-0.05, 0) is 43.0 Å². The predicted octanol–water partition coefficient (Wildman–Crippen LogP) is 3.41. The zero-order chi connectivity index (χ0) is 21.1. The molecule has 1 aliphatic carbocycles. The van der Waals surface area contributed by atoms with Gasteiger partial charge in [-0.1, -0.05) is 25.0 Å². The van der Waals surface area contributed by atoms with E-state index in [0.717, 1.165) is 25.2 Å². The van der Waals surface area contributed by atoms with Crippen LogP contribution >= 0.6 is 11.3 Å². The number of nitrogens with zero attached hydrogens (tertiary/aromatic N) is 2. The number of carbonyl (C=O) groups excluding carboxylic acids is 1. The number of rotatable bonds is 4. The largest absolute Gasteiger partial charge is 0.396 e. The van der Waals surface area contributed by atoms with E-state index in [-0.39, 0.29) is 35.6 Å². The van der Waals surface area contributed by atoms with Crippen LogP contribution in [-0.2, 0) is 4.74 Å². The van der Waals surface area contributed by atoms with Crippen molar-refractivity contribution in [1.82, 2.24) is 9.80 Å². The highest BCUT2D eigenvalue weighted by Crippen LogP contribution is 2.50. The Bertz CT molecular complexity index is 849. The Hall–Kier alpha value is -1.21. The second-order valence-corrected chi connectivity index (χ2v) is 11.3. The SMILES string of the molecule is CC1=C(CN2C[C@@H]3[C@H](CO)[C@H]4CN(C(=O)c5ccsc5)C[C@]3(C2)O4)C(C)(C)CCC1. The molecule has 0 saturated carbocycles. The highest BCUT2D eigenvalue weighted by atomic mass is 32.1. The number of morpholine rings is 1. The van der Waals surface area contributed by atoms with Gasteiger partial charge in [0.15, 0.2) is 0 Å². The zero-order valence-electron chi connectivity index (χ0n) is 18.4. The summed E-state index contributed by atoms with van der Waals surface area (Å²) in [5.41, 5.74) is 3.83.